The highest BCUT2D eigenvalue weighted by Gasteiger charge is 2.39. The van der Waals surface area contributed by atoms with Crippen LogP contribution in [-0.2, 0) is 14.2 Å². The van der Waals surface area contributed by atoms with Gasteiger partial charge in [-0.05, 0) is 178 Å². The van der Waals surface area contributed by atoms with Gasteiger partial charge in [0.2, 0.25) is 0 Å². The summed E-state index contributed by atoms with van der Waals surface area (Å²) in [5.74, 6) is 0.448. The zero-order valence-electron chi connectivity index (χ0n) is 42.6. The second-order valence-corrected chi connectivity index (χ2v) is 21.6. The molecule has 11 nitrogen and oxygen atoms in total. The van der Waals surface area contributed by atoms with Crippen LogP contribution in [0.15, 0.2) is 0 Å². The van der Waals surface area contributed by atoms with Crippen molar-refractivity contribution < 1.29 is 19.3 Å². The molecule has 4 rings (SSSR count). The van der Waals surface area contributed by atoms with Crippen molar-refractivity contribution in [1.82, 2.24) is 34.3 Å². The maximum absolute atomic E-state index is 9.92. The summed E-state index contributed by atoms with van der Waals surface area (Å²) >= 11 is 0. The molecule has 0 aromatic rings. The molecular formula is C47H101N7O4. The molecule has 4 fully saturated rings. The number of likely N-dealkylation sites (tertiary alicyclic amines) is 1. The molecule has 0 bridgehead atoms. The van der Waals surface area contributed by atoms with Crippen LogP contribution in [0.4, 0.5) is 0 Å². The molecular weight excluding hydrogens is 727 g/mol. The summed E-state index contributed by atoms with van der Waals surface area (Å²) in [5.41, 5.74) is -0.192. The summed E-state index contributed by atoms with van der Waals surface area (Å²) in [6, 6.07) is 2.48. The van der Waals surface area contributed by atoms with Crippen molar-refractivity contribution >= 4 is 0 Å². The van der Waals surface area contributed by atoms with Crippen molar-refractivity contribution in [3.8, 4) is 0 Å². The monoisotopic (exact) mass is 828 g/mol. The minimum Gasteiger partial charge on any atom is -0.390 e. The lowest BCUT2D eigenvalue weighted by Crippen LogP contribution is -2.58. The van der Waals surface area contributed by atoms with Crippen LogP contribution in [0.1, 0.15) is 124 Å². The summed E-state index contributed by atoms with van der Waals surface area (Å²) < 4.78 is 17.7. The van der Waals surface area contributed by atoms with E-state index in [0.717, 1.165) is 65.6 Å². The predicted molar refractivity (Wildman–Crippen MR) is 248 cm³/mol. The molecule has 348 valence electrons. The fourth-order valence-electron chi connectivity index (χ4n) is 7.61. The molecule has 4 atom stereocenters. The summed E-state index contributed by atoms with van der Waals surface area (Å²) in [5, 5.41) is 9.92. The first-order chi connectivity index (χ1) is 26.5. The standard InChI is InChI=1S/3C12H26N2O.C11H23NO/c3*1-10(2)14-7-8-15-11(9-14)12(3,4)13(5)6;1-9(2)12-7-5-6-10(8-12)11(3,4)13/h3*10-11H,7-9H2,1-6H3;9-10,13H,5-8H2,1-4H3/t2*11-;;/m10../s1. The second kappa shape index (κ2) is 24.4. The molecule has 58 heavy (non-hydrogen) atoms. The van der Waals surface area contributed by atoms with Gasteiger partial charge in [-0.25, -0.2) is 0 Å². The van der Waals surface area contributed by atoms with Crippen LogP contribution in [0.3, 0.4) is 0 Å². The van der Waals surface area contributed by atoms with E-state index in [1.807, 2.05) is 13.8 Å². The van der Waals surface area contributed by atoms with Crippen molar-refractivity contribution in [1.29, 1.82) is 0 Å². The molecule has 11 heteroatoms. The van der Waals surface area contributed by atoms with E-state index in [4.69, 9.17) is 14.2 Å². The molecule has 0 radical (unpaired) electrons. The Hall–Kier alpha value is -0.440. The maximum atomic E-state index is 9.92. The normalized spacial score (nSPS) is 25.6. The van der Waals surface area contributed by atoms with E-state index < -0.39 is 5.60 Å². The van der Waals surface area contributed by atoms with E-state index >= 15 is 0 Å². The first-order valence-corrected chi connectivity index (χ1v) is 23.0. The van der Waals surface area contributed by atoms with Gasteiger partial charge in [-0.1, -0.05) is 0 Å². The third-order valence-electron chi connectivity index (χ3n) is 14.5. The number of aliphatic hydroxyl groups is 1. The first kappa shape index (κ1) is 55.6. The first-order valence-electron chi connectivity index (χ1n) is 23.0. The molecule has 4 heterocycles. The van der Waals surface area contributed by atoms with E-state index in [-0.39, 0.29) is 16.6 Å². The molecule has 0 saturated carbocycles. The van der Waals surface area contributed by atoms with Gasteiger partial charge in [-0.3, -0.25) is 14.7 Å². The minimum atomic E-state index is -0.506. The van der Waals surface area contributed by atoms with Gasteiger partial charge in [0.1, 0.15) is 0 Å². The van der Waals surface area contributed by atoms with E-state index in [1.165, 1.54) is 19.4 Å². The number of nitrogens with zero attached hydrogens (tertiary/aromatic N) is 7. The van der Waals surface area contributed by atoms with Crippen LogP contribution in [0.5, 0.6) is 0 Å². The Balaban J connectivity index is 0.000000387. The Kier molecular flexibility index (Phi) is 23.4. The van der Waals surface area contributed by atoms with Crippen molar-refractivity contribution in [2.45, 2.75) is 188 Å². The highest BCUT2D eigenvalue weighted by molar-refractivity contribution is 4.94. The fraction of sp³-hybridized carbons (Fsp3) is 1.00. The molecule has 0 spiro atoms. The quantitative estimate of drug-likeness (QED) is 0.260. The Morgan fingerprint density at radius 3 is 0.931 bits per heavy atom. The average molecular weight is 828 g/mol. The SMILES string of the molecule is CC(C)N1CCCC(C(C)(C)O)C1.CC(C)N1CCOC(C(C)(C)N(C)C)C1.CC(C)N1CCO[C@@H](C(C)(C)N(C)C)C1.CC(C)N1CCO[C@H](C(C)(C)N(C)C)C1. The number of piperidine rings is 1. The molecule has 0 aromatic heterocycles. The molecule has 4 aliphatic rings. The van der Waals surface area contributed by atoms with Crippen LogP contribution in [0.25, 0.3) is 0 Å². The van der Waals surface area contributed by atoms with Gasteiger partial charge in [0.15, 0.2) is 0 Å². The van der Waals surface area contributed by atoms with Crippen LogP contribution in [-0.4, -0.2) is 219 Å². The van der Waals surface area contributed by atoms with Gasteiger partial charge >= 0.3 is 0 Å². The molecule has 2 unspecified atom stereocenters. The van der Waals surface area contributed by atoms with Crippen LogP contribution < -0.4 is 0 Å². The van der Waals surface area contributed by atoms with Gasteiger partial charge < -0.3 is 38.9 Å². The Morgan fingerprint density at radius 2 is 0.707 bits per heavy atom. The van der Waals surface area contributed by atoms with Crippen LogP contribution in [0, 0.1) is 5.92 Å². The number of morpholine rings is 3. The second-order valence-electron chi connectivity index (χ2n) is 21.6. The zero-order valence-corrected chi connectivity index (χ0v) is 42.6. The fourth-order valence-corrected chi connectivity index (χ4v) is 7.61. The Morgan fingerprint density at radius 1 is 0.448 bits per heavy atom. The molecule has 0 aromatic carbocycles. The number of hydrogen-bond donors (Lipinski definition) is 1. The topological polar surface area (TPSA) is 70.6 Å². The highest BCUT2D eigenvalue weighted by atomic mass is 16.5. The third-order valence-corrected chi connectivity index (χ3v) is 14.5. The van der Waals surface area contributed by atoms with Gasteiger partial charge in [0.25, 0.3) is 0 Å². The van der Waals surface area contributed by atoms with Crippen molar-refractivity contribution in [2.24, 2.45) is 5.92 Å². The van der Waals surface area contributed by atoms with Gasteiger partial charge in [0.05, 0.1) is 43.7 Å². The maximum Gasteiger partial charge on any atom is 0.0880 e. The minimum absolute atomic E-state index is 0.105. The van der Waals surface area contributed by atoms with Crippen LogP contribution in [0.2, 0.25) is 0 Å². The van der Waals surface area contributed by atoms with Gasteiger partial charge in [-0.2, -0.15) is 0 Å². The average Bonchev–Trinajstić information content (AvgIpc) is 3.15. The van der Waals surface area contributed by atoms with Crippen molar-refractivity contribution in [3.63, 3.8) is 0 Å². The number of rotatable bonds is 11. The van der Waals surface area contributed by atoms with Gasteiger partial charge in [0, 0.05) is 86.6 Å². The third kappa shape index (κ3) is 17.4. The lowest BCUT2D eigenvalue weighted by molar-refractivity contribution is -0.0991. The van der Waals surface area contributed by atoms with Crippen molar-refractivity contribution in [3.05, 3.63) is 0 Å². The van der Waals surface area contributed by atoms with E-state index in [9.17, 15) is 5.11 Å². The molecule has 0 amide bonds. The molecule has 4 saturated heterocycles. The number of likely N-dealkylation sites (N-methyl/N-ethyl adjacent to an activating group) is 3. The predicted octanol–water partition coefficient (Wildman–Crippen LogP) is 6.19. The summed E-state index contributed by atoms with van der Waals surface area (Å²) in [6.07, 6.45) is 3.33. The van der Waals surface area contributed by atoms with Gasteiger partial charge in [-0.15, -0.1) is 0 Å². The van der Waals surface area contributed by atoms with E-state index in [0.29, 0.717) is 48.4 Å². The largest absolute Gasteiger partial charge is 0.390 e. The summed E-state index contributed by atoms with van der Waals surface area (Å²) in [7, 11) is 12.7. The Bertz CT molecular complexity index is 1000. The summed E-state index contributed by atoms with van der Waals surface area (Å²) in [6.45, 7) is 46.5. The lowest BCUT2D eigenvalue weighted by atomic mass is 9.84. The smallest absolute Gasteiger partial charge is 0.0880 e. The number of ether oxygens (including phenoxy) is 3. The molecule has 4 aliphatic heterocycles. The van der Waals surface area contributed by atoms with E-state index in [1.54, 1.807) is 0 Å². The summed E-state index contributed by atoms with van der Waals surface area (Å²) in [4.78, 5) is 16.7. The number of hydrogen-bond acceptors (Lipinski definition) is 11. The Labute approximate surface area is 361 Å². The lowest BCUT2D eigenvalue weighted by Gasteiger charge is -2.45. The van der Waals surface area contributed by atoms with E-state index in [2.05, 4.69) is 174 Å². The van der Waals surface area contributed by atoms with Crippen molar-refractivity contribution in [2.75, 3.05) is 114 Å². The molecule has 1 N–H and O–H groups in total. The highest BCUT2D eigenvalue weighted by Crippen LogP contribution is 2.28. The zero-order chi connectivity index (χ0) is 45.0. The van der Waals surface area contributed by atoms with Crippen LogP contribution >= 0.6 is 0 Å². The molecule has 0 aliphatic carbocycles.